The van der Waals surface area contributed by atoms with Crippen LogP contribution in [0.15, 0.2) is 35.5 Å². The summed E-state index contributed by atoms with van der Waals surface area (Å²) in [6.07, 6.45) is 1.83. The molecule has 1 radical (unpaired) electrons. The third-order valence-electron chi connectivity index (χ3n) is 4.86. The molecule has 1 fully saturated rings. The molecule has 3 aliphatic heterocycles. The van der Waals surface area contributed by atoms with E-state index in [2.05, 4.69) is 27.0 Å². The number of pyridine rings is 1. The normalized spacial score (nSPS) is 24.2. The third-order valence-corrected chi connectivity index (χ3v) is 4.86. The average Bonchev–Trinajstić information content (AvgIpc) is 3.05. The molecule has 0 amide bonds. The van der Waals surface area contributed by atoms with E-state index in [-0.39, 0.29) is 6.02 Å². The highest BCUT2D eigenvalue weighted by Gasteiger charge is 2.47. The predicted octanol–water partition coefficient (Wildman–Crippen LogP) is 1.41. The van der Waals surface area contributed by atoms with Crippen molar-refractivity contribution in [2.24, 2.45) is 10.7 Å². The summed E-state index contributed by atoms with van der Waals surface area (Å²) >= 11 is 0. The summed E-state index contributed by atoms with van der Waals surface area (Å²) in [6, 6.07) is 10.9. The van der Waals surface area contributed by atoms with Crippen LogP contribution in [0.4, 0.5) is 5.69 Å². The van der Waals surface area contributed by atoms with Crippen LogP contribution in [0.1, 0.15) is 11.1 Å². The Bertz CT molecular complexity index is 863. The molecule has 7 nitrogen and oxygen atoms in total. The van der Waals surface area contributed by atoms with Crippen LogP contribution in [0.25, 0.3) is 0 Å². The Morgan fingerprint density at radius 3 is 2.92 bits per heavy atom. The first-order valence-electron chi connectivity index (χ1n) is 8.26. The second-order valence-electron chi connectivity index (χ2n) is 6.27. The lowest BCUT2D eigenvalue weighted by Crippen LogP contribution is -2.37. The van der Waals surface area contributed by atoms with Gasteiger partial charge in [-0.1, -0.05) is 6.07 Å². The predicted molar refractivity (Wildman–Crippen MR) is 91.0 cm³/mol. The number of rotatable bonds is 1. The fourth-order valence-corrected chi connectivity index (χ4v) is 3.60. The molecule has 0 saturated carbocycles. The molecule has 1 atom stereocenters. The van der Waals surface area contributed by atoms with E-state index < -0.39 is 5.54 Å². The number of amidine groups is 1. The summed E-state index contributed by atoms with van der Waals surface area (Å²) in [7, 11) is 0. The fourth-order valence-electron chi connectivity index (χ4n) is 3.60. The second-order valence-corrected chi connectivity index (χ2v) is 6.27. The highest BCUT2D eigenvalue weighted by Crippen LogP contribution is 2.50. The highest BCUT2D eigenvalue weighted by atomic mass is 16.5. The molecule has 2 N–H and O–H groups in total. The highest BCUT2D eigenvalue weighted by molar-refractivity contribution is 5.76. The van der Waals surface area contributed by atoms with Gasteiger partial charge in [-0.3, -0.25) is 0 Å². The van der Waals surface area contributed by atoms with Crippen LogP contribution in [-0.2, 0) is 15.0 Å². The fraction of sp³-hybridized carbons (Fsp3) is 0.333. The van der Waals surface area contributed by atoms with Crippen molar-refractivity contribution in [1.82, 2.24) is 4.98 Å². The van der Waals surface area contributed by atoms with E-state index in [9.17, 15) is 0 Å². The monoisotopic (exact) mass is 337 g/mol. The van der Waals surface area contributed by atoms with Crippen molar-refractivity contribution < 1.29 is 14.2 Å². The molecule has 1 spiro atoms. The van der Waals surface area contributed by atoms with E-state index in [1.54, 1.807) is 0 Å². The summed E-state index contributed by atoms with van der Waals surface area (Å²) in [5, 5.41) is 0. The van der Waals surface area contributed by atoms with Gasteiger partial charge in [0, 0.05) is 18.7 Å². The van der Waals surface area contributed by atoms with Crippen LogP contribution in [0.2, 0.25) is 0 Å². The van der Waals surface area contributed by atoms with E-state index in [4.69, 9.17) is 19.9 Å². The second kappa shape index (κ2) is 5.35. The molecule has 5 rings (SSSR count). The van der Waals surface area contributed by atoms with Gasteiger partial charge < -0.3 is 24.8 Å². The maximum atomic E-state index is 6.00. The summed E-state index contributed by atoms with van der Waals surface area (Å²) in [5.74, 6) is 1.25. The Morgan fingerprint density at radius 1 is 1.24 bits per heavy atom. The Labute approximate surface area is 145 Å². The zero-order chi connectivity index (χ0) is 16.9. The van der Waals surface area contributed by atoms with Crippen molar-refractivity contribution in [3.8, 4) is 11.6 Å². The molecule has 1 saturated heterocycles. The minimum atomic E-state index is -0.736. The van der Waals surface area contributed by atoms with Crippen LogP contribution < -0.4 is 15.4 Å². The standard InChI is InChI=1S/C18H17N4O3/c19-17-21-18(11-24-17)13-3-1-2-4-15(13)25-16-14(18)9-12(10-20-16)22-5-7-23-8-6-22/h2-4,9-10H,5-8,11H2,(H2,19,21). The number of aliphatic imine (C=N–C) groups is 1. The van der Waals surface area contributed by atoms with Gasteiger partial charge in [0.15, 0.2) is 5.54 Å². The van der Waals surface area contributed by atoms with Crippen molar-refractivity contribution in [3.63, 3.8) is 0 Å². The molecule has 25 heavy (non-hydrogen) atoms. The van der Waals surface area contributed by atoms with E-state index >= 15 is 0 Å². The summed E-state index contributed by atoms with van der Waals surface area (Å²) in [6.45, 7) is 3.42. The lowest BCUT2D eigenvalue weighted by atomic mass is 9.82. The van der Waals surface area contributed by atoms with Gasteiger partial charge in [0.2, 0.25) is 5.88 Å². The van der Waals surface area contributed by atoms with E-state index in [1.165, 1.54) is 0 Å². The maximum absolute atomic E-state index is 6.00. The molecule has 1 unspecified atom stereocenters. The maximum Gasteiger partial charge on any atom is 0.283 e. The smallest absolute Gasteiger partial charge is 0.283 e. The SMILES string of the molecule is NC1=NC2(CO1)c1c[c]ccc1Oc1ncc(N3CCOCC3)cc12. The average molecular weight is 337 g/mol. The van der Waals surface area contributed by atoms with E-state index in [1.807, 2.05) is 24.4 Å². The molecule has 0 bridgehead atoms. The number of aromatic nitrogens is 1. The molecule has 1 aromatic heterocycles. The van der Waals surface area contributed by atoms with Crippen molar-refractivity contribution in [2.75, 3.05) is 37.8 Å². The molecule has 1 aromatic carbocycles. The number of hydrogen-bond donors (Lipinski definition) is 1. The minimum absolute atomic E-state index is 0.180. The number of fused-ring (bicyclic) bond motifs is 4. The lowest BCUT2D eigenvalue weighted by Gasteiger charge is -2.34. The van der Waals surface area contributed by atoms with Gasteiger partial charge >= 0.3 is 0 Å². The zero-order valence-electron chi connectivity index (χ0n) is 13.6. The van der Waals surface area contributed by atoms with Crippen LogP contribution in [0.5, 0.6) is 11.6 Å². The van der Waals surface area contributed by atoms with Crippen LogP contribution >= 0.6 is 0 Å². The number of hydrogen-bond acceptors (Lipinski definition) is 7. The van der Waals surface area contributed by atoms with E-state index in [0.717, 1.165) is 29.9 Å². The van der Waals surface area contributed by atoms with Gasteiger partial charge in [-0.05, 0) is 24.3 Å². The number of ether oxygens (including phenoxy) is 3. The van der Waals surface area contributed by atoms with Gasteiger partial charge in [-0.2, -0.15) is 0 Å². The Balaban J connectivity index is 1.67. The lowest BCUT2D eigenvalue weighted by molar-refractivity contribution is 0.122. The quantitative estimate of drug-likeness (QED) is 0.847. The first-order valence-corrected chi connectivity index (χ1v) is 8.26. The zero-order valence-corrected chi connectivity index (χ0v) is 13.6. The topological polar surface area (TPSA) is 82.2 Å². The number of nitrogens with two attached hydrogens (primary N) is 1. The molecule has 3 aliphatic rings. The van der Waals surface area contributed by atoms with Crippen molar-refractivity contribution in [3.05, 3.63) is 47.7 Å². The summed E-state index contributed by atoms with van der Waals surface area (Å²) in [4.78, 5) is 11.4. The Morgan fingerprint density at radius 2 is 2.12 bits per heavy atom. The Kier molecular flexibility index (Phi) is 3.11. The minimum Gasteiger partial charge on any atom is -0.462 e. The van der Waals surface area contributed by atoms with Crippen molar-refractivity contribution in [2.45, 2.75) is 5.54 Å². The van der Waals surface area contributed by atoms with Gasteiger partial charge in [0.1, 0.15) is 12.4 Å². The number of benzene rings is 1. The Hall–Kier alpha value is -2.80. The van der Waals surface area contributed by atoms with Gasteiger partial charge in [0.05, 0.1) is 30.7 Å². The summed E-state index contributed by atoms with van der Waals surface area (Å²) in [5.41, 5.74) is 7.91. The molecule has 127 valence electrons. The molecule has 0 aliphatic carbocycles. The first kappa shape index (κ1) is 14.5. The number of nitrogens with zero attached hydrogens (tertiary/aromatic N) is 3. The summed E-state index contributed by atoms with van der Waals surface area (Å²) < 4.78 is 17.0. The molecular weight excluding hydrogens is 320 g/mol. The van der Waals surface area contributed by atoms with Crippen LogP contribution in [0.3, 0.4) is 0 Å². The largest absolute Gasteiger partial charge is 0.462 e. The first-order chi connectivity index (χ1) is 12.3. The molecule has 2 aromatic rings. The van der Waals surface area contributed by atoms with Crippen molar-refractivity contribution >= 4 is 11.7 Å². The molecule has 7 heteroatoms. The van der Waals surface area contributed by atoms with E-state index in [0.29, 0.717) is 31.5 Å². The van der Waals surface area contributed by atoms with Crippen LogP contribution in [0, 0.1) is 6.07 Å². The number of morpholine rings is 1. The molecular formula is C18H17N4O3. The third kappa shape index (κ3) is 2.16. The number of anilines is 1. The van der Waals surface area contributed by atoms with Crippen molar-refractivity contribution in [1.29, 1.82) is 0 Å². The molecule has 4 heterocycles. The van der Waals surface area contributed by atoms with Gasteiger partial charge in [-0.15, -0.1) is 0 Å². The van der Waals surface area contributed by atoms with Gasteiger partial charge in [0.25, 0.3) is 6.02 Å². The van der Waals surface area contributed by atoms with Crippen LogP contribution in [-0.4, -0.2) is 43.9 Å². The van der Waals surface area contributed by atoms with Gasteiger partial charge in [-0.25, -0.2) is 9.98 Å².